The van der Waals surface area contributed by atoms with E-state index in [-0.39, 0.29) is 5.60 Å². The Kier molecular flexibility index (Phi) is 3.11. The molecule has 1 aromatic rings. The van der Waals surface area contributed by atoms with Gasteiger partial charge in [-0.05, 0) is 26.0 Å². The van der Waals surface area contributed by atoms with Crippen molar-refractivity contribution in [3.63, 3.8) is 0 Å². The van der Waals surface area contributed by atoms with E-state index in [2.05, 4.69) is 23.7 Å². The normalized spacial score (nSPS) is 19.1. The molecular formula is C12H19N3O2. The van der Waals surface area contributed by atoms with E-state index in [1.54, 1.807) is 7.11 Å². The number of ether oxygens (including phenoxy) is 2. The number of methoxy groups -OCH3 is 1. The van der Waals surface area contributed by atoms with Crippen molar-refractivity contribution in [1.82, 2.24) is 4.98 Å². The number of rotatable bonds is 2. The van der Waals surface area contributed by atoms with Gasteiger partial charge in [0.15, 0.2) is 0 Å². The van der Waals surface area contributed by atoms with E-state index < -0.39 is 0 Å². The minimum absolute atomic E-state index is 0.144. The van der Waals surface area contributed by atoms with Crippen molar-refractivity contribution in [2.45, 2.75) is 19.4 Å². The standard InChI is InChI=1S/C12H19N3O2/c1-12(2)8-15(6-7-17-12)10-5-4-9(13)11(14-10)16-3/h4-5H,6-8,13H2,1-3H3. The molecule has 5 heteroatoms. The highest BCUT2D eigenvalue weighted by Gasteiger charge is 2.28. The fourth-order valence-corrected chi connectivity index (χ4v) is 1.99. The molecule has 17 heavy (non-hydrogen) atoms. The highest BCUT2D eigenvalue weighted by molar-refractivity contribution is 5.54. The van der Waals surface area contributed by atoms with Crippen LogP contribution in [-0.4, -0.2) is 37.4 Å². The van der Waals surface area contributed by atoms with Crippen LogP contribution >= 0.6 is 0 Å². The molecule has 1 aromatic heterocycles. The summed E-state index contributed by atoms with van der Waals surface area (Å²) in [7, 11) is 1.58. The SMILES string of the molecule is COc1nc(N2CCOC(C)(C)C2)ccc1N. The van der Waals surface area contributed by atoms with Crippen LogP contribution in [-0.2, 0) is 4.74 Å². The first kappa shape index (κ1) is 12.0. The largest absolute Gasteiger partial charge is 0.479 e. The quantitative estimate of drug-likeness (QED) is 0.839. The average molecular weight is 237 g/mol. The average Bonchev–Trinajstić information content (AvgIpc) is 2.28. The van der Waals surface area contributed by atoms with Crippen LogP contribution in [0.2, 0.25) is 0 Å². The summed E-state index contributed by atoms with van der Waals surface area (Å²) in [5, 5.41) is 0. The molecule has 0 unspecified atom stereocenters. The summed E-state index contributed by atoms with van der Waals surface area (Å²) in [4.78, 5) is 6.59. The third-order valence-corrected chi connectivity index (χ3v) is 2.82. The van der Waals surface area contributed by atoms with E-state index in [4.69, 9.17) is 15.2 Å². The summed E-state index contributed by atoms with van der Waals surface area (Å²) < 4.78 is 10.8. The first-order valence-corrected chi connectivity index (χ1v) is 5.71. The number of hydrogen-bond donors (Lipinski definition) is 1. The number of nitrogen functional groups attached to an aromatic ring is 1. The minimum atomic E-state index is -0.144. The highest BCUT2D eigenvalue weighted by atomic mass is 16.5. The molecule has 2 rings (SSSR count). The fraction of sp³-hybridized carbons (Fsp3) is 0.583. The van der Waals surface area contributed by atoms with Crippen LogP contribution in [0, 0.1) is 0 Å². The van der Waals surface area contributed by atoms with Gasteiger partial charge >= 0.3 is 0 Å². The second-order valence-corrected chi connectivity index (χ2v) is 4.80. The Hall–Kier alpha value is -1.49. The van der Waals surface area contributed by atoms with Crippen LogP contribution in [0.5, 0.6) is 5.88 Å². The number of anilines is 2. The van der Waals surface area contributed by atoms with E-state index in [0.29, 0.717) is 18.2 Å². The van der Waals surface area contributed by atoms with Crippen molar-refractivity contribution >= 4 is 11.5 Å². The van der Waals surface area contributed by atoms with Crippen molar-refractivity contribution in [1.29, 1.82) is 0 Å². The molecule has 94 valence electrons. The Morgan fingerprint density at radius 3 is 2.88 bits per heavy atom. The van der Waals surface area contributed by atoms with E-state index in [1.165, 1.54) is 0 Å². The lowest BCUT2D eigenvalue weighted by atomic mass is 10.1. The van der Waals surface area contributed by atoms with Gasteiger partial charge in [0.2, 0.25) is 5.88 Å². The minimum Gasteiger partial charge on any atom is -0.479 e. The lowest BCUT2D eigenvalue weighted by Gasteiger charge is -2.38. The summed E-state index contributed by atoms with van der Waals surface area (Å²) in [6, 6.07) is 3.74. The third-order valence-electron chi connectivity index (χ3n) is 2.82. The first-order valence-electron chi connectivity index (χ1n) is 5.71. The molecule has 0 radical (unpaired) electrons. The summed E-state index contributed by atoms with van der Waals surface area (Å²) in [5.74, 6) is 1.36. The first-order chi connectivity index (χ1) is 8.02. The van der Waals surface area contributed by atoms with Crippen LogP contribution in [0.15, 0.2) is 12.1 Å². The number of nitrogens with two attached hydrogens (primary N) is 1. The molecule has 1 aliphatic rings. The predicted octanol–water partition coefficient (Wildman–Crippen LogP) is 1.29. The van der Waals surface area contributed by atoms with Gasteiger partial charge in [-0.1, -0.05) is 0 Å². The zero-order valence-corrected chi connectivity index (χ0v) is 10.6. The molecule has 0 bridgehead atoms. The van der Waals surface area contributed by atoms with Crippen LogP contribution in [0.1, 0.15) is 13.8 Å². The van der Waals surface area contributed by atoms with Gasteiger partial charge < -0.3 is 20.1 Å². The number of morpholine rings is 1. The van der Waals surface area contributed by atoms with Crippen molar-refractivity contribution in [2.75, 3.05) is 37.4 Å². The van der Waals surface area contributed by atoms with Crippen LogP contribution in [0.3, 0.4) is 0 Å². The van der Waals surface area contributed by atoms with Gasteiger partial charge in [0.25, 0.3) is 0 Å². The van der Waals surface area contributed by atoms with Crippen molar-refractivity contribution < 1.29 is 9.47 Å². The molecule has 0 saturated carbocycles. The fourth-order valence-electron chi connectivity index (χ4n) is 1.99. The molecule has 0 aromatic carbocycles. The molecule has 2 heterocycles. The molecule has 1 aliphatic heterocycles. The molecular weight excluding hydrogens is 218 g/mol. The maximum atomic E-state index is 5.75. The molecule has 0 aliphatic carbocycles. The Morgan fingerprint density at radius 2 is 2.24 bits per heavy atom. The van der Waals surface area contributed by atoms with E-state index >= 15 is 0 Å². The summed E-state index contributed by atoms with van der Waals surface area (Å²) in [6.07, 6.45) is 0. The van der Waals surface area contributed by atoms with Gasteiger partial charge in [0.05, 0.1) is 25.0 Å². The monoisotopic (exact) mass is 237 g/mol. The van der Waals surface area contributed by atoms with E-state index in [0.717, 1.165) is 18.9 Å². The Balaban J connectivity index is 2.22. The van der Waals surface area contributed by atoms with Crippen LogP contribution in [0.25, 0.3) is 0 Å². The lowest BCUT2D eigenvalue weighted by molar-refractivity contribution is -0.0279. The lowest BCUT2D eigenvalue weighted by Crippen LogP contribution is -2.48. The second kappa shape index (κ2) is 4.41. The number of pyridine rings is 1. The van der Waals surface area contributed by atoms with Crippen LogP contribution in [0.4, 0.5) is 11.5 Å². The topological polar surface area (TPSA) is 60.6 Å². The molecule has 1 fully saturated rings. The van der Waals surface area contributed by atoms with Crippen molar-refractivity contribution in [2.24, 2.45) is 0 Å². The van der Waals surface area contributed by atoms with Gasteiger partial charge in [-0.3, -0.25) is 0 Å². The Bertz CT molecular complexity index is 407. The summed E-state index contributed by atoms with van der Waals surface area (Å²) in [6.45, 7) is 6.51. The third kappa shape index (κ3) is 2.61. The molecule has 5 nitrogen and oxygen atoms in total. The van der Waals surface area contributed by atoms with Crippen LogP contribution < -0.4 is 15.4 Å². The van der Waals surface area contributed by atoms with Gasteiger partial charge in [0, 0.05) is 13.1 Å². The van der Waals surface area contributed by atoms with Crippen molar-refractivity contribution in [3.05, 3.63) is 12.1 Å². The predicted molar refractivity (Wildman–Crippen MR) is 67.4 cm³/mol. The number of hydrogen-bond acceptors (Lipinski definition) is 5. The van der Waals surface area contributed by atoms with Crippen molar-refractivity contribution in [3.8, 4) is 5.88 Å². The zero-order valence-electron chi connectivity index (χ0n) is 10.6. The summed E-state index contributed by atoms with van der Waals surface area (Å²) in [5.41, 5.74) is 6.17. The highest BCUT2D eigenvalue weighted by Crippen LogP contribution is 2.26. The zero-order chi connectivity index (χ0) is 12.5. The Labute approximate surface area is 102 Å². The van der Waals surface area contributed by atoms with Gasteiger partial charge in [-0.15, -0.1) is 0 Å². The number of nitrogens with zero attached hydrogens (tertiary/aromatic N) is 2. The maximum absolute atomic E-state index is 5.75. The molecule has 0 atom stereocenters. The molecule has 0 amide bonds. The maximum Gasteiger partial charge on any atom is 0.238 e. The smallest absolute Gasteiger partial charge is 0.238 e. The summed E-state index contributed by atoms with van der Waals surface area (Å²) >= 11 is 0. The second-order valence-electron chi connectivity index (χ2n) is 4.80. The number of aromatic nitrogens is 1. The molecule has 0 spiro atoms. The van der Waals surface area contributed by atoms with Gasteiger partial charge in [0.1, 0.15) is 5.82 Å². The van der Waals surface area contributed by atoms with Gasteiger partial charge in [-0.2, -0.15) is 4.98 Å². The van der Waals surface area contributed by atoms with Gasteiger partial charge in [-0.25, -0.2) is 0 Å². The molecule has 2 N–H and O–H groups in total. The molecule has 1 saturated heterocycles. The van der Waals surface area contributed by atoms with E-state index in [9.17, 15) is 0 Å². The van der Waals surface area contributed by atoms with E-state index in [1.807, 2.05) is 12.1 Å². The Morgan fingerprint density at radius 1 is 1.47 bits per heavy atom.